The molecule has 0 radical (unpaired) electrons. The van der Waals surface area contributed by atoms with Gasteiger partial charge in [0.2, 0.25) is 5.01 Å². The van der Waals surface area contributed by atoms with Crippen molar-refractivity contribution in [3.63, 3.8) is 0 Å². The van der Waals surface area contributed by atoms with Crippen molar-refractivity contribution >= 4 is 33.2 Å². The summed E-state index contributed by atoms with van der Waals surface area (Å²) in [5.41, 5.74) is 3.32. The van der Waals surface area contributed by atoms with E-state index < -0.39 is 0 Å². The van der Waals surface area contributed by atoms with Crippen molar-refractivity contribution < 1.29 is 9.53 Å². The second kappa shape index (κ2) is 9.96. The van der Waals surface area contributed by atoms with Crippen molar-refractivity contribution in [3.8, 4) is 5.75 Å². The summed E-state index contributed by atoms with van der Waals surface area (Å²) >= 11 is 4.81. The lowest BCUT2D eigenvalue weighted by atomic mass is 10.1. The number of aryl methyl sites for hydroxylation is 1. The number of nitrogens with zero attached hydrogens (tertiary/aromatic N) is 3. The van der Waals surface area contributed by atoms with Crippen molar-refractivity contribution in [2.45, 2.75) is 26.6 Å². The van der Waals surface area contributed by atoms with E-state index in [4.69, 9.17) is 4.74 Å². The van der Waals surface area contributed by atoms with E-state index in [0.717, 1.165) is 26.4 Å². The van der Waals surface area contributed by atoms with Gasteiger partial charge in [0.25, 0.3) is 5.91 Å². The minimum Gasteiger partial charge on any atom is -0.496 e. The van der Waals surface area contributed by atoms with Crippen molar-refractivity contribution in [2.75, 3.05) is 14.2 Å². The maximum atomic E-state index is 12.4. The topological polar surface area (TPSA) is 67.3 Å². The lowest BCUT2D eigenvalue weighted by molar-refractivity contribution is 0.0950. The Hall–Kier alpha value is -2.29. The van der Waals surface area contributed by atoms with E-state index in [0.29, 0.717) is 24.6 Å². The van der Waals surface area contributed by atoms with Crippen LogP contribution in [0, 0.1) is 6.92 Å². The zero-order valence-electron chi connectivity index (χ0n) is 16.6. The highest BCUT2D eigenvalue weighted by Crippen LogP contribution is 2.24. The number of hydrogen-bond acceptors (Lipinski definition) is 6. The number of ether oxygens (including phenoxy) is 1. The van der Waals surface area contributed by atoms with E-state index in [2.05, 4.69) is 36.3 Å². The second-order valence-corrected chi connectivity index (χ2v) is 8.78. The molecule has 1 N–H and O–H groups in total. The molecule has 1 amide bonds. The van der Waals surface area contributed by atoms with E-state index in [1.54, 1.807) is 7.11 Å². The van der Waals surface area contributed by atoms with Crippen LogP contribution in [0.3, 0.4) is 0 Å². The number of amides is 1. The van der Waals surface area contributed by atoms with Crippen LogP contribution in [0.5, 0.6) is 5.75 Å². The summed E-state index contributed by atoms with van der Waals surface area (Å²) in [5.74, 6) is 0.638. The Bertz CT molecular complexity index is 975. The Morgan fingerprint density at radius 2 is 1.93 bits per heavy atom. The summed E-state index contributed by atoms with van der Waals surface area (Å²) in [6, 6.07) is 14.0. The minimum absolute atomic E-state index is 0.203. The average molecular weight is 475 g/mol. The van der Waals surface area contributed by atoms with Crippen LogP contribution in [0.2, 0.25) is 0 Å². The van der Waals surface area contributed by atoms with Gasteiger partial charge < -0.3 is 10.1 Å². The number of methoxy groups -OCH3 is 1. The lowest BCUT2D eigenvalue weighted by Crippen LogP contribution is -2.22. The number of hydrogen-bond donors (Lipinski definition) is 1. The normalized spacial score (nSPS) is 10.9. The van der Waals surface area contributed by atoms with Gasteiger partial charge in [-0.05, 0) is 37.7 Å². The van der Waals surface area contributed by atoms with Crippen molar-refractivity contribution in [1.82, 2.24) is 20.4 Å². The summed E-state index contributed by atoms with van der Waals surface area (Å²) in [7, 11) is 3.66. The number of carbonyl (C=O) groups is 1. The summed E-state index contributed by atoms with van der Waals surface area (Å²) in [6.07, 6.45) is 0. The van der Waals surface area contributed by atoms with Crippen molar-refractivity contribution in [1.29, 1.82) is 0 Å². The fourth-order valence-corrected chi connectivity index (χ4v) is 4.07. The molecule has 0 aliphatic rings. The minimum atomic E-state index is -0.203. The third kappa shape index (κ3) is 6.09. The highest BCUT2D eigenvalue weighted by Gasteiger charge is 2.15. The maximum absolute atomic E-state index is 12.4. The molecule has 8 heteroatoms. The molecule has 0 fully saturated rings. The van der Waals surface area contributed by atoms with Gasteiger partial charge in [0, 0.05) is 23.1 Å². The maximum Gasteiger partial charge on any atom is 0.282 e. The third-order valence-corrected chi connectivity index (χ3v) is 5.72. The van der Waals surface area contributed by atoms with Gasteiger partial charge in [0.15, 0.2) is 0 Å². The fraction of sp³-hybridized carbons (Fsp3) is 0.286. The molecular weight excluding hydrogens is 452 g/mol. The van der Waals surface area contributed by atoms with Gasteiger partial charge in [-0.25, -0.2) is 0 Å². The Kier molecular flexibility index (Phi) is 7.35. The van der Waals surface area contributed by atoms with E-state index in [1.807, 2.05) is 56.4 Å². The van der Waals surface area contributed by atoms with Crippen LogP contribution in [-0.4, -0.2) is 35.2 Å². The van der Waals surface area contributed by atoms with E-state index in [1.165, 1.54) is 16.9 Å². The molecule has 0 atom stereocenters. The smallest absolute Gasteiger partial charge is 0.282 e. The molecule has 152 valence electrons. The van der Waals surface area contributed by atoms with E-state index in [-0.39, 0.29) is 5.91 Å². The molecule has 1 aromatic heterocycles. The number of benzene rings is 2. The van der Waals surface area contributed by atoms with E-state index in [9.17, 15) is 4.79 Å². The first-order chi connectivity index (χ1) is 13.9. The van der Waals surface area contributed by atoms with Crippen LogP contribution in [-0.2, 0) is 19.6 Å². The number of nitrogens with one attached hydrogen (secondary N) is 1. The van der Waals surface area contributed by atoms with Crippen LogP contribution in [0.15, 0.2) is 46.9 Å². The first kappa shape index (κ1) is 21.4. The molecule has 0 aliphatic heterocycles. The molecule has 3 rings (SSSR count). The first-order valence-corrected chi connectivity index (χ1v) is 10.7. The summed E-state index contributed by atoms with van der Waals surface area (Å²) in [4.78, 5) is 14.5. The number of aromatic nitrogens is 2. The predicted molar refractivity (Wildman–Crippen MR) is 118 cm³/mol. The quantitative estimate of drug-likeness (QED) is 0.530. The molecule has 0 saturated heterocycles. The summed E-state index contributed by atoms with van der Waals surface area (Å²) in [5, 5.41) is 12.3. The highest BCUT2D eigenvalue weighted by atomic mass is 79.9. The van der Waals surface area contributed by atoms with Crippen LogP contribution in [0.1, 0.15) is 31.5 Å². The Labute approximate surface area is 183 Å². The molecule has 1 heterocycles. The molecule has 0 spiro atoms. The SMILES string of the molecule is COc1ccc(Br)cc1CN(C)Cc1nnc(C(=O)NCc2ccc(C)cc2)s1. The second-order valence-electron chi connectivity index (χ2n) is 6.80. The van der Waals surface area contributed by atoms with Gasteiger partial charge in [-0.15, -0.1) is 10.2 Å². The number of rotatable bonds is 8. The van der Waals surface area contributed by atoms with Crippen molar-refractivity contribution in [2.24, 2.45) is 0 Å². The molecule has 6 nitrogen and oxygen atoms in total. The average Bonchev–Trinajstić information content (AvgIpc) is 3.16. The molecule has 0 unspecified atom stereocenters. The van der Waals surface area contributed by atoms with Gasteiger partial charge in [-0.3, -0.25) is 9.69 Å². The van der Waals surface area contributed by atoms with Gasteiger partial charge >= 0.3 is 0 Å². The lowest BCUT2D eigenvalue weighted by Gasteiger charge is -2.17. The monoisotopic (exact) mass is 474 g/mol. The molecule has 2 aromatic carbocycles. The molecule has 0 aliphatic carbocycles. The molecular formula is C21H23BrN4O2S. The Balaban J connectivity index is 1.56. The molecule has 29 heavy (non-hydrogen) atoms. The first-order valence-electron chi connectivity index (χ1n) is 9.11. The zero-order chi connectivity index (χ0) is 20.8. The van der Waals surface area contributed by atoms with Gasteiger partial charge in [0.05, 0.1) is 13.7 Å². The fourth-order valence-electron chi connectivity index (χ4n) is 2.82. The van der Waals surface area contributed by atoms with Crippen molar-refractivity contribution in [3.05, 3.63) is 73.6 Å². The summed E-state index contributed by atoms with van der Waals surface area (Å²) < 4.78 is 6.44. The number of halogens is 1. The van der Waals surface area contributed by atoms with Gasteiger partial charge in [-0.2, -0.15) is 0 Å². The Morgan fingerprint density at radius 1 is 1.17 bits per heavy atom. The highest BCUT2D eigenvalue weighted by molar-refractivity contribution is 9.10. The molecule has 0 saturated carbocycles. The van der Waals surface area contributed by atoms with Crippen LogP contribution >= 0.6 is 27.3 Å². The van der Waals surface area contributed by atoms with Crippen LogP contribution < -0.4 is 10.1 Å². The molecule has 0 bridgehead atoms. The van der Waals surface area contributed by atoms with Gasteiger partial charge in [0.1, 0.15) is 10.8 Å². The summed E-state index contributed by atoms with van der Waals surface area (Å²) in [6.45, 7) is 3.79. The zero-order valence-corrected chi connectivity index (χ0v) is 19.0. The van der Waals surface area contributed by atoms with Crippen LogP contribution in [0.25, 0.3) is 0 Å². The third-order valence-electron chi connectivity index (χ3n) is 4.32. The predicted octanol–water partition coefficient (Wildman–Crippen LogP) is 4.18. The van der Waals surface area contributed by atoms with Gasteiger partial charge in [-0.1, -0.05) is 57.1 Å². The Morgan fingerprint density at radius 3 is 2.66 bits per heavy atom. The largest absolute Gasteiger partial charge is 0.496 e. The van der Waals surface area contributed by atoms with E-state index >= 15 is 0 Å². The van der Waals surface area contributed by atoms with Crippen LogP contribution in [0.4, 0.5) is 0 Å². The molecule has 3 aromatic rings. The standard InChI is InChI=1S/C21H23BrN4O2S/c1-14-4-6-15(7-5-14)11-23-20(27)21-25-24-19(29-21)13-26(2)12-16-10-17(22)8-9-18(16)28-3/h4-10H,11-13H2,1-3H3,(H,23,27). The number of carbonyl (C=O) groups excluding carboxylic acids is 1.